The lowest BCUT2D eigenvalue weighted by atomic mass is 10.0. The van der Waals surface area contributed by atoms with E-state index in [1.807, 2.05) is 0 Å². The summed E-state index contributed by atoms with van der Waals surface area (Å²) in [5, 5.41) is 0.344. The van der Waals surface area contributed by atoms with Crippen LogP contribution in [0, 0.1) is 0 Å². The molecule has 0 N–H and O–H groups in total. The highest BCUT2D eigenvalue weighted by molar-refractivity contribution is 14.2. The van der Waals surface area contributed by atoms with Gasteiger partial charge in [0.1, 0.15) is 24.0 Å². The van der Waals surface area contributed by atoms with Crippen LogP contribution in [0.1, 0.15) is 5.56 Å². The van der Waals surface area contributed by atoms with Gasteiger partial charge in [-0.15, -0.1) is 0 Å². The van der Waals surface area contributed by atoms with Crippen LogP contribution in [0.4, 0.5) is 13.2 Å². The lowest BCUT2D eigenvalue weighted by molar-refractivity contribution is -0.137. The molecule has 0 saturated heterocycles. The molecule has 0 fully saturated rings. The highest BCUT2D eigenvalue weighted by Crippen LogP contribution is 2.32. The fourth-order valence-electron chi connectivity index (χ4n) is 2.25. The fourth-order valence-corrected chi connectivity index (χ4v) is 3.23. The molecule has 1 aromatic heterocycles. The molecule has 0 aliphatic carbocycles. The Morgan fingerprint density at radius 2 is 1.79 bits per heavy atom. The van der Waals surface area contributed by atoms with Gasteiger partial charge in [0, 0.05) is 6.07 Å². The molecule has 3 rings (SSSR count). The monoisotopic (exact) mass is 464 g/mol. The third-order valence-corrected chi connectivity index (χ3v) is 4.40. The normalized spacial score (nSPS) is 12.2. The largest absolute Gasteiger partial charge is 0.467 e. The molecule has 1 atom stereocenters. The molecule has 124 valence electrons. The van der Waals surface area contributed by atoms with Crippen molar-refractivity contribution in [3.8, 4) is 16.9 Å². The predicted molar refractivity (Wildman–Crippen MR) is 95.9 cm³/mol. The molecule has 24 heavy (non-hydrogen) atoms. The van der Waals surface area contributed by atoms with Gasteiger partial charge in [0.2, 0.25) is 0 Å². The molecule has 0 saturated carbocycles. The van der Waals surface area contributed by atoms with Gasteiger partial charge in [-0.05, 0) is 51.9 Å². The van der Waals surface area contributed by atoms with Crippen LogP contribution >= 0.6 is 28.5 Å². The Kier molecular flexibility index (Phi) is 4.83. The average Bonchev–Trinajstić information content (AvgIpc) is 2.55. The number of halogens is 4. The van der Waals surface area contributed by atoms with Gasteiger partial charge in [-0.2, -0.15) is 13.2 Å². The quantitative estimate of drug-likeness (QED) is 0.364. The summed E-state index contributed by atoms with van der Waals surface area (Å²) in [6, 6.07) is 9.25. The molecular formula is C16H9F3IO3P. The molecule has 2 aromatic carbocycles. The van der Waals surface area contributed by atoms with E-state index in [4.69, 9.17) is 8.94 Å². The number of alkyl halides is 3. The molecule has 3 aromatic rings. The van der Waals surface area contributed by atoms with Gasteiger partial charge < -0.3 is 8.94 Å². The third kappa shape index (κ3) is 3.42. The first-order valence-corrected chi connectivity index (χ1v) is 10.7. The van der Waals surface area contributed by atoms with Gasteiger partial charge in [-0.25, -0.2) is 0 Å². The first kappa shape index (κ1) is 17.2. The van der Waals surface area contributed by atoms with Crippen molar-refractivity contribution in [2.24, 2.45) is 0 Å². The second kappa shape index (κ2) is 6.72. The van der Waals surface area contributed by atoms with E-state index in [0.717, 1.165) is 12.1 Å². The van der Waals surface area contributed by atoms with E-state index < -0.39 is 11.7 Å². The van der Waals surface area contributed by atoms with Gasteiger partial charge in [-0.3, -0.25) is 4.79 Å². The van der Waals surface area contributed by atoms with E-state index in [1.54, 1.807) is 18.2 Å². The highest BCUT2D eigenvalue weighted by Gasteiger charge is 2.30. The van der Waals surface area contributed by atoms with E-state index in [2.05, 4.69) is 22.0 Å². The van der Waals surface area contributed by atoms with E-state index >= 15 is 0 Å². The molecule has 0 amide bonds. The SMILES string of the molecule is O=c1c(-c2ccc(C(F)(F)F)cc2)coc2cc(OPI)ccc12. The summed E-state index contributed by atoms with van der Waals surface area (Å²) in [7, 11) is 0. The minimum Gasteiger partial charge on any atom is -0.467 e. The van der Waals surface area contributed by atoms with Gasteiger partial charge in [0.05, 0.1) is 16.5 Å². The zero-order chi connectivity index (χ0) is 17.3. The molecule has 0 aliphatic heterocycles. The maximum absolute atomic E-state index is 12.6. The molecule has 1 unspecified atom stereocenters. The minimum atomic E-state index is -4.41. The Morgan fingerprint density at radius 1 is 1.08 bits per heavy atom. The van der Waals surface area contributed by atoms with E-state index in [1.165, 1.54) is 18.4 Å². The predicted octanol–water partition coefficient (Wildman–Crippen LogP) is 5.80. The molecule has 0 bridgehead atoms. The molecule has 3 nitrogen and oxygen atoms in total. The highest BCUT2D eigenvalue weighted by atomic mass is 127. The Labute approximate surface area is 149 Å². The van der Waals surface area contributed by atoms with Crippen molar-refractivity contribution in [2.75, 3.05) is 0 Å². The second-order valence-electron chi connectivity index (χ2n) is 4.89. The minimum absolute atomic E-state index is 0.209. The lowest BCUT2D eigenvalue weighted by Gasteiger charge is -2.08. The molecule has 0 radical (unpaired) electrons. The topological polar surface area (TPSA) is 39.4 Å². The van der Waals surface area contributed by atoms with Crippen LogP contribution < -0.4 is 9.95 Å². The summed E-state index contributed by atoms with van der Waals surface area (Å²) < 4.78 is 48.7. The molecule has 1 heterocycles. The zero-order valence-electron chi connectivity index (χ0n) is 11.9. The van der Waals surface area contributed by atoms with Crippen molar-refractivity contribution in [2.45, 2.75) is 6.18 Å². The van der Waals surface area contributed by atoms with Crippen LogP contribution in [0.3, 0.4) is 0 Å². The summed E-state index contributed by atoms with van der Waals surface area (Å²) in [5.41, 5.74) is -0.131. The van der Waals surface area contributed by atoms with Crippen LogP contribution in [0.2, 0.25) is 0 Å². The van der Waals surface area contributed by atoms with E-state index in [-0.39, 0.29) is 17.4 Å². The molecular weight excluding hydrogens is 455 g/mol. The Morgan fingerprint density at radius 3 is 2.42 bits per heavy atom. The van der Waals surface area contributed by atoms with Gasteiger partial charge in [-0.1, -0.05) is 12.1 Å². The number of hydrogen-bond acceptors (Lipinski definition) is 3. The van der Waals surface area contributed by atoms with E-state index in [0.29, 0.717) is 22.3 Å². The first-order valence-electron chi connectivity index (χ1n) is 6.66. The Hall–Kier alpha value is -1.60. The Bertz CT molecular complexity index is 936. The van der Waals surface area contributed by atoms with Crippen molar-refractivity contribution >= 4 is 39.5 Å². The van der Waals surface area contributed by atoms with Crippen molar-refractivity contribution in [1.29, 1.82) is 0 Å². The van der Waals surface area contributed by atoms with Crippen molar-refractivity contribution in [3.63, 3.8) is 0 Å². The lowest BCUT2D eigenvalue weighted by Crippen LogP contribution is -2.06. The summed E-state index contributed by atoms with van der Waals surface area (Å²) >= 11 is 2.08. The van der Waals surface area contributed by atoms with Crippen LogP contribution in [0.25, 0.3) is 22.1 Å². The van der Waals surface area contributed by atoms with Crippen molar-refractivity contribution < 1.29 is 22.1 Å². The molecule has 8 heteroatoms. The number of rotatable bonds is 3. The number of hydrogen-bond donors (Lipinski definition) is 0. The number of fused-ring (bicyclic) bond motifs is 1. The van der Waals surface area contributed by atoms with Gasteiger partial charge in [0.15, 0.2) is 5.43 Å². The van der Waals surface area contributed by atoms with Crippen LogP contribution in [-0.2, 0) is 6.18 Å². The standard InChI is InChI=1S/C16H9F3IO3P/c17-16(18,19)10-3-1-9(2-4-10)13-8-22-14-7-11(23-24-20)5-6-12(14)15(13)21/h1-8,24H. The third-order valence-electron chi connectivity index (χ3n) is 3.43. The number of benzene rings is 2. The average molecular weight is 464 g/mol. The fraction of sp³-hybridized carbons (Fsp3) is 0.0625. The van der Waals surface area contributed by atoms with E-state index in [9.17, 15) is 18.0 Å². The van der Waals surface area contributed by atoms with Crippen molar-refractivity contribution in [1.82, 2.24) is 0 Å². The van der Waals surface area contributed by atoms with Crippen LogP contribution in [-0.4, -0.2) is 0 Å². The van der Waals surface area contributed by atoms with Crippen LogP contribution in [0.5, 0.6) is 5.75 Å². The zero-order valence-corrected chi connectivity index (χ0v) is 15.0. The summed E-state index contributed by atoms with van der Waals surface area (Å²) in [6.45, 7) is 0.231. The smallest absolute Gasteiger partial charge is 0.416 e. The summed E-state index contributed by atoms with van der Waals surface area (Å²) in [5.74, 6) is 0.584. The first-order chi connectivity index (χ1) is 11.4. The maximum Gasteiger partial charge on any atom is 0.416 e. The van der Waals surface area contributed by atoms with Gasteiger partial charge >= 0.3 is 6.18 Å². The Balaban J connectivity index is 2.06. The molecule has 0 aliphatic rings. The van der Waals surface area contributed by atoms with Crippen molar-refractivity contribution in [3.05, 3.63) is 64.5 Å². The summed E-state index contributed by atoms with van der Waals surface area (Å²) in [6.07, 6.45) is -3.16. The maximum atomic E-state index is 12.6. The summed E-state index contributed by atoms with van der Waals surface area (Å²) in [4.78, 5) is 12.6. The second-order valence-corrected chi connectivity index (χ2v) is 6.57. The van der Waals surface area contributed by atoms with Gasteiger partial charge in [0.25, 0.3) is 0 Å². The van der Waals surface area contributed by atoms with Crippen LogP contribution in [0.15, 0.2) is 57.9 Å². The molecule has 0 spiro atoms.